The van der Waals surface area contributed by atoms with Crippen LogP contribution < -0.4 is 0 Å². The van der Waals surface area contributed by atoms with Gasteiger partial charge in [0.2, 0.25) is 0 Å². The van der Waals surface area contributed by atoms with Crippen molar-refractivity contribution in [3.63, 3.8) is 0 Å². The molecule has 152 valence electrons. The van der Waals surface area contributed by atoms with E-state index < -0.39 is 23.7 Å². The number of hydrogen-bond acceptors (Lipinski definition) is 7. The van der Waals surface area contributed by atoms with Gasteiger partial charge in [0.25, 0.3) is 5.79 Å². The maximum absolute atomic E-state index is 12.2. The van der Waals surface area contributed by atoms with Crippen LogP contribution in [0.25, 0.3) is 17.4 Å². The van der Waals surface area contributed by atoms with Gasteiger partial charge in [-0.3, -0.25) is 0 Å². The highest BCUT2D eigenvalue weighted by Gasteiger charge is 2.39. The lowest BCUT2D eigenvalue weighted by Gasteiger charge is -2.29. The van der Waals surface area contributed by atoms with Crippen LogP contribution in [-0.2, 0) is 23.8 Å². The van der Waals surface area contributed by atoms with Gasteiger partial charge in [0.15, 0.2) is 0 Å². The van der Waals surface area contributed by atoms with Crippen molar-refractivity contribution in [3.8, 4) is 11.3 Å². The summed E-state index contributed by atoms with van der Waals surface area (Å²) in [7, 11) is 0. The van der Waals surface area contributed by atoms with Crippen molar-refractivity contribution in [1.82, 2.24) is 0 Å². The number of halogens is 1. The molecule has 2 heterocycles. The smallest absolute Gasteiger partial charge is 0.348 e. The van der Waals surface area contributed by atoms with Crippen LogP contribution in [0.4, 0.5) is 0 Å². The molecule has 0 spiro atoms. The normalized spacial score (nSPS) is 15.5. The Labute approximate surface area is 172 Å². The lowest BCUT2D eigenvalue weighted by atomic mass is 10.1. The van der Waals surface area contributed by atoms with Crippen LogP contribution in [0.1, 0.15) is 43.3 Å². The van der Waals surface area contributed by atoms with Crippen LogP contribution in [0.5, 0.6) is 0 Å². The molecule has 0 atom stereocenters. The van der Waals surface area contributed by atoms with E-state index in [1.54, 1.807) is 30.3 Å². The van der Waals surface area contributed by atoms with E-state index in [0.29, 0.717) is 24.4 Å². The molecule has 0 radical (unpaired) electrons. The number of esters is 3. The van der Waals surface area contributed by atoms with Gasteiger partial charge in [-0.05, 0) is 36.8 Å². The highest BCUT2D eigenvalue weighted by atomic mass is 35.5. The zero-order chi connectivity index (χ0) is 21.2. The van der Waals surface area contributed by atoms with Gasteiger partial charge in [-0.2, -0.15) is 0 Å². The quantitative estimate of drug-likeness (QED) is 0.404. The molecule has 1 aromatic carbocycles. The highest BCUT2D eigenvalue weighted by molar-refractivity contribution is 6.33. The van der Waals surface area contributed by atoms with E-state index in [0.717, 1.165) is 0 Å². The van der Waals surface area contributed by atoms with Crippen LogP contribution in [0.15, 0.2) is 40.3 Å². The Morgan fingerprint density at radius 1 is 1.14 bits per heavy atom. The number of cyclic esters (lactones) is 2. The summed E-state index contributed by atoms with van der Waals surface area (Å²) in [4.78, 5) is 36.2. The third kappa shape index (κ3) is 4.68. The first-order chi connectivity index (χ1) is 13.7. The molecule has 0 amide bonds. The van der Waals surface area contributed by atoms with Crippen molar-refractivity contribution in [1.29, 1.82) is 0 Å². The predicted octanol–water partition coefficient (Wildman–Crippen LogP) is 4.39. The zero-order valence-corrected chi connectivity index (χ0v) is 16.9. The lowest BCUT2D eigenvalue weighted by Crippen LogP contribution is -2.41. The average molecular weight is 419 g/mol. The molecule has 1 aliphatic heterocycles. The van der Waals surface area contributed by atoms with Crippen molar-refractivity contribution in [2.24, 2.45) is 0 Å². The molecule has 8 heteroatoms. The largest absolute Gasteiger partial charge is 0.462 e. The molecule has 1 saturated heterocycles. The maximum Gasteiger partial charge on any atom is 0.348 e. The van der Waals surface area contributed by atoms with E-state index in [9.17, 15) is 14.4 Å². The van der Waals surface area contributed by atoms with Crippen LogP contribution >= 0.6 is 11.6 Å². The van der Waals surface area contributed by atoms with Crippen LogP contribution in [0.2, 0.25) is 5.02 Å². The van der Waals surface area contributed by atoms with Gasteiger partial charge < -0.3 is 18.6 Å². The fourth-order valence-corrected chi connectivity index (χ4v) is 2.81. The van der Waals surface area contributed by atoms with Crippen molar-refractivity contribution < 1.29 is 33.0 Å². The minimum absolute atomic E-state index is 0.218. The Morgan fingerprint density at radius 2 is 1.83 bits per heavy atom. The van der Waals surface area contributed by atoms with Gasteiger partial charge >= 0.3 is 17.9 Å². The van der Waals surface area contributed by atoms with E-state index in [2.05, 4.69) is 0 Å². The molecule has 3 rings (SSSR count). The molecule has 0 aliphatic carbocycles. The van der Waals surface area contributed by atoms with E-state index in [-0.39, 0.29) is 21.9 Å². The molecule has 7 nitrogen and oxygen atoms in total. The van der Waals surface area contributed by atoms with Crippen LogP contribution in [0.3, 0.4) is 0 Å². The van der Waals surface area contributed by atoms with Gasteiger partial charge in [-0.25, -0.2) is 14.4 Å². The third-order valence-electron chi connectivity index (χ3n) is 3.94. The lowest BCUT2D eigenvalue weighted by molar-refractivity contribution is -0.222. The topological polar surface area (TPSA) is 92.0 Å². The van der Waals surface area contributed by atoms with Crippen molar-refractivity contribution in [2.75, 3.05) is 6.61 Å². The van der Waals surface area contributed by atoms with Gasteiger partial charge in [-0.1, -0.05) is 18.5 Å². The Balaban J connectivity index is 1.86. The molecular weight excluding hydrogens is 400 g/mol. The summed E-state index contributed by atoms with van der Waals surface area (Å²) < 4.78 is 20.9. The molecule has 0 bridgehead atoms. The summed E-state index contributed by atoms with van der Waals surface area (Å²) in [5.74, 6) is -2.77. The standard InChI is InChI=1S/C21H19ClO7/c1-4-9-26-18(23)14-10-12(5-7-16(14)22)17-8-6-13(27-17)11-15-19(24)28-21(2,3)29-20(15)25/h5-8,10-11H,4,9H2,1-3H3. The predicted molar refractivity (Wildman–Crippen MR) is 104 cm³/mol. The average Bonchev–Trinajstić information content (AvgIpc) is 3.11. The summed E-state index contributed by atoms with van der Waals surface area (Å²) in [6, 6.07) is 8.02. The molecular formula is C21H19ClO7. The second kappa shape index (κ2) is 8.13. The number of ether oxygens (including phenoxy) is 3. The Morgan fingerprint density at radius 3 is 2.48 bits per heavy atom. The number of furan rings is 1. The monoisotopic (exact) mass is 418 g/mol. The minimum Gasteiger partial charge on any atom is -0.462 e. The summed E-state index contributed by atoms with van der Waals surface area (Å²) in [5, 5.41) is 0.263. The number of carbonyl (C=O) groups excluding carboxylic acids is 3. The first kappa shape index (κ1) is 20.7. The van der Waals surface area contributed by atoms with E-state index in [1.165, 1.54) is 19.9 Å². The first-order valence-corrected chi connectivity index (χ1v) is 9.33. The van der Waals surface area contributed by atoms with Crippen molar-refractivity contribution in [2.45, 2.75) is 33.0 Å². The Hall–Kier alpha value is -3.06. The fourth-order valence-electron chi connectivity index (χ4n) is 2.61. The summed E-state index contributed by atoms with van der Waals surface area (Å²) >= 11 is 6.10. The van der Waals surface area contributed by atoms with Gasteiger partial charge in [0.1, 0.15) is 17.1 Å². The summed E-state index contributed by atoms with van der Waals surface area (Å²) in [6.07, 6.45) is 1.94. The van der Waals surface area contributed by atoms with Gasteiger partial charge in [0, 0.05) is 25.5 Å². The van der Waals surface area contributed by atoms with Crippen molar-refractivity contribution >= 4 is 35.6 Å². The van der Waals surface area contributed by atoms with Crippen LogP contribution in [0, 0.1) is 0 Å². The maximum atomic E-state index is 12.2. The molecule has 0 unspecified atom stereocenters. The Kier molecular flexibility index (Phi) is 5.79. The van der Waals surface area contributed by atoms with Crippen molar-refractivity contribution in [3.05, 3.63) is 52.3 Å². The number of carbonyl (C=O) groups is 3. The summed E-state index contributed by atoms with van der Waals surface area (Å²) in [5.41, 5.74) is 0.526. The highest BCUT2D eigenvalue weighted by Crippen LogP contribution is 2.29. The zero-order valence-electron chi connectivity index (χ0n) is 16.1. The number of rotatable bonds is 5. The molecule has 2 aromatic rings. The number of benzene rings is 1. The molecule has 0 N–H and O–H groups in total. The Bertz CT molecular complexity index is 978. The third-order valence-corrected chi connectivity index (χ3v) is 4.27. The van der Waals surface area contributed by atoms with E-state index in [1.807, 2.05) is 6.92 Å². The first-order valence-electron chi connectivity index (χ1n) is 8.95. The van der Waals surface area contributed by atoms with E-state index in [4.69, 9.17) is 30.2 Å². The fraction of sp³-hybridized carbons (Fsp3) is 0.286. The minimum atomic E-state index is -1.31. The second-order valence-electron chi connectivity index (χ2n) is 6.77. The van der Waals surface area contributed by atoms with E-state index >= 15 is 0 Å². The molecule has 0 saturated carbocycles. The van der Waals surface area contributed by atoms with Crippen LogP contribution in [-0.4, -0.2) is 30.3 Å². The summed E-state index contributed by atoms with van der Waals surface area (Å²) in [6.45, 7) is 5.12. The SMILES string of the molecule is CCCOC(=O)c1cc(-c2ccc(C=C3C(=O)OC(C)(C)OC3=O)o2)ccc1Cl. The molecule has 1 aromatic heterocycles. The molecule has 1 aliphatic rings. The number of hydrogen-bond donors (Lipinski definition) is 0. The van der Waals surface area contributed by atoms with Gasteiger partial charge in [0.05, 0.1) is 17.2 Å². The van der Waals surface area contributed by atoms with Gasteiger partial charge in [-0.15, -0.1) is 0 Å². The molecule has 1 fully saturated rings. The second-order valence-corrected chi connectivity index (χ2v) is 7.18. The molecule has 29 heavy (non-hydrogen) atoms.